The molecule has 0 unspecified atom stereocenters. The van der Waals surface area contributed by atoms with Gasteiger partial charge in [0.15, 0.2) is 6.29 Å². The second-order valence-corrected chi connectivity index (χ2v) is 14.8. The Balaban J connectivity index is 1.70. The molecule has 2 aromatic carbocycles. The van der Waals surface area contributed by atoms with Crippen molar-refractivity contribution in [3.63, 3.8) is 0 Å². The largest absolute Gasteiger partial charge is 0.492 e. The van der Waals surface area contributed by atoms with Crippen molar-refractivity contribution in [2.75, 3.05) is 17.5 Å². The molecule has 0 saturated carbocycles. The monoisotopic (exact) mass is 607 g/mol. The number of carbonyl (C=O) groups excluding carboxylic acids is 1. The Labute approximate surface area is 249 Å². The predicted molar refractivity (Wildman–Crippen MR) is 159 cm³/mol. The van der Waals surface area contributed by atoms with E-state index < -0.39 is 33.1 Å². The van der Waals surface area contributed by atoms with Crippen molar-refractivity contribution in [3.8, 4) is 5.75 Å². The fraction of sp³-hybridized carbons (Fsp3) is 0.581. The number of hydrogen-bond acceptors (Lipinski definition) is 7. The molecule has 226 valence electrons. The molecule has 2 aliphatic heterocycles. The molecular weight excluding hydrogens is 566 g/mol. The third-order valence-corrected chi connectivity index (χ3v) is 9.82. The number of ether oxygens (including phenoxy) is 4. The van der Waals surface area contributed by atoms with Crippen LogP contribution >= 0.6 is 11.6 Å². The first-order chi connectivity index (χ1) is 19.0. The van der Waals surface area contributed by atoms with Crippen LogP contribution in [0.5, 0.6) is 5.75 Å². The molecule has 0 bridgehead atoms. The van der Waals surface area contributed by atoms with Crippen molar-refractivity contribution in [1.29, 1.82) is 0 Å². The fourth-order valence-corrected chi connectivity index (χ4v) is 6.77. The molecule has 10 heteroatoms. The van der Waals surface area contributed by atoms with Crippen LogP contribution in [0.4, 0.5) is 5.69 Å². The highest BCUT2D eigenvalue weighted by molar-refractivity contribution is 7.93. The molecule has 0 amide bonds. The molecule has 0 radical (unpaired) electrons. The molecule has 2 aliphatic rings. The lowest BCUT2D eigenvalue weighted by Crippen LogP contribution is -2.41. The lowest BCUT2D eigenvalue weighted by Gasteiger charge is -2.30. The summed E-state index contributed by atoms with van der Waals surface area (Å²) >= 11 is 6.72. The molecule has 0 aromatic heterocycles. The van der Waals surface area contributed by atoms with Crippen molar-refractivity contribution in [2.45, 2.75) is 109 Å². The number of sulfonamides is 1. The van der Waals surface area contributed by atoms with E-state index in [1.807, 2.05) is 72.7 Å². The summed E-state index contributed by atoms with van der Waals surface area (Å²) in [6, 6.07) is 10.6. The number of carbonyl (C=O) groups is 1. The van der Waals surface area contributed by atoms with Gasteiger partial charge in [-0.05, 0) is 91.8 Å². The molecular formula is C31H42ClNO7S. The molecule has 41 heavy (non-hydrogen) atoms. The number of nitrogens with zero attached hydrogens (tertiary/aromatic N) is 1. The van der Waals surface area contributed by atoms with E-state index in [2.05, 4.69) is 0 Å². The van der Waals surface area contributed by atoms with E-state index in [9.17, 15) is 13.2 Å². The fourth-order valence-electron chi connectivity index (χ4n) is 4.83. The van der Waals surface area contributed by atoms with Crippen LogP contribution in [0.3, 0.4) is 0 Å². The standard InChI is InChI=1S/C31H42ClNO7S/c1-29(2,3)38-27(34)16-12-18-37-25-20-23(32)22(28-39-30(4,5)31(6,7)40-28)19-26(25)41(35,36)33-17-11-10-14-21-13-8-9-15-24(21)33/h8-9,13,15,19-20,28H,10-12,14,16-18H2,1-7H3. The Kier molecular flexibility index (Phi) is 9.05. The van der Waals surface area contributed by atoms with Gasteiger partial charge < -0.3 is 18.9 Å². The van der Waals surface area contributed by atoms with Gasteiger partial charge in [0.1, 0.15) is 16.2 Å². The number of para-hydroxylation sites is 1. The van der Waals surface area contributed by atoms with Crippen LogP contribution < -0.4 is 9.04 Å². The van der Waals surface area contributed by atoms with Gasteiger partial charge in [-0.2, -0.15) is 0 Å². The topological polar surface area (TPSA) is 91.4 Å². The lowest BCUT2D eigenvalue weighted by atomic mass is 9.90. The zero-order valence-corrected chi connectivity index (χ0v) is 26.7. The Morgan fingerprint density at radius 1 is 1.07 bits per heavy atom. The molecule has 0 N–H and O–H groups in total. The second-order valence-electron chi connectivity index (χ2n) is 12.6. The van der Waals surface area contributed by atoms with Gasteiger partial charge in [-0.1, -0.05) is 29.8 Å². The third-order valence-electron chi connectivity index (χ3n) is 7.66. The highest BCUT2D eigenvalue weighted by Crippen LogP contribution is 2.48. The van der Waals surface area contributed by atoms with Crippen molar-refractivity contribution < 1.29 is 32.2 Å². The van der Waals surface area contributed by atoms with E-state index >= 15 is 0 Å². The van der Waals surface area contributed by atoms with E-state index in [1.54, 1.807) is 0 Å². The number of rotatable bonds is 8. The molecule has 0 spiro atoms. The smallest absolute Gasteiger partial charge is 0.306 e. The van der Waals surface area contributed by atoms with Gasteiger partial charge in [0, 0.05) is 24.6 Å². The van der Waals surface area contributed by atoms with Gasteiger partial charge in [0.2, 0.25) is 0 Å². The second kappa shape index (κ2) is 11.7. The summed E-state index contributed by atoms with van der Waals surface area (Å²) < 4.78 is 54.1. The Morgan fingerprint density at radius 2 is 1.73 bits per heavy atom. The van der Waals surface area contributed by atoms with E-state index in [4.69, 9.17) is 30.5 Å². The molecule has 0 aliphatic carbocycles. The number of aryl methyl sites for hydroxylation is 1. The van der Waals surface area contributed by atoms with Crippen LogP contribution in [-0.4, -0.2) is 44.3 Å². The van der Waals surface area contributed by atoms with Crippen LogP contribution in [0.15, 0.2) is 41.3 Å². The Hall–Kier alpha value is -2.33. The summed E-state index contributed by atoms with van der Waals surface area (Å²) in [4.78, 5) is 12.1. The van der Waals surface area contributed by atoms with Crippen molar-refractivity contribution >= 4 is 33.3 Å². The maximum atomic E-state index is 14.4. The van der Waals surface area contributed by atoms with Crippen LogP contribution in [-0.2, 0) is 35.4 Å². The van der Waals surface area contributed by atoms with E-state index in [1.165, 1.54) is 16.4 Å². The quantitative estimate of drug-likeness (QED) is 0.236. The molecule has 2 aromatic rings. The predicted octanol–water partition coefficient (Wildman–Crippen LogP) is 6.97. The minimum absolute atomic E-state index is 0.0272. The van der Waals surface area contributed by atoms with Gasteiger partial charge in [-0.15, -0.1) is 0 Å². The number of anilines is 1. The zero-order chi connectivity index (χ0) is 30.2. The number of benzene rings is 2. The van der Waals surface area contributed by atoms with Gasteiger partial charge in [0.25, 0.3) is 10.0 Å². The minimum atomic E-state index is -4.09. The highest BCUT2D eigenvalue weighted by Gasteiger charge is 2.50. The Morgan fingerprint density at radius 3 is 2.39 bits per heavy atom. The average molecular weight is 608 g/mol. The summed E-state index contributed by atoms with van der Waals surface area (Å²) in [5.74, 6) is -0.231. The molecule has 1 saturated heterocycles. The van der Waals surface area contributed by atoms with E-state index in [0.717, 1.165) is 24.8 Å². The minimum Gasteiger partial charge on any atom is -0.492 e. The van der Waals surface area contributed by atoms with Gasteiger partial charge >= 0.3 is 5.97 Å². The number of hydrogen-bond donors (Lipinski definition) is 0. The highest BCUT2D eigenvalue weighted by atomic mass is 35.5. The molecule has 8 nitrogen and oxygen atoms in total. The van der Waals surface area contributed by atoms with Crippen LogP contribution in [0.2, 0.25) is 5.02 Å². The van der Waals surface area contributed by atoms with Gasteiger partial charge in [-0.25, -0.2) is 8.42 Å². The maximum absolute atomic E-state index is 14.4. The van der Waals surface area contributed by atoms with Gasteiger partial charge in [-0.3, -0.25) is 9.10 Å². The van der Waals surface area contributed by atoms with Gasteiger partial charge in [0.05, 0.1) is 28.5 Å². The number of esters is 1. The van der Waals surface area contributed by atoms with Crippen molar-refractivity contribution in [2.24, 2.45) is 0 Å². The van der Waals surface area contributed by atoms with E-state index in [0.29, 0.717) is 24.2 Å². The van der Waals surface area contributed by atoms with Crippen LogP contribution in [0, 0.1) is 0 Å². The summed E-state index contributed by atoms with van der Waals surface area (Å²) in [7, 11) is -4.09. The normalized spacial score (nSPS) is 19.0. The lowest BCUT2D eigenvalue weighted by molar-refractivity contribution is -0.155. The first-order valence-corrected chi connectivity index (χ1v) is 16.0. The third kappa shape index (κ3) is 7.01. The molecule has 1 fully saturated rings. The van der Waals surface area contributed by atoms with Crippen molar-refractivity contribution in [3.05, 3.63) is 52.5 Å². The van der Waals surface area contributed by atoms with E-state index in [-0.39, 0.29) is 34.7 Å². The van der Waals surface area contributed by atoms with Crippen LogP contribution in [0.1, 0.15) is 91.6 Å². The first-order valence-electron chi connectivity index (χ1n) is 14.2. The average Bonchev–Trinajstić information content (AvgIpc) is 2.99. The zero-order valence-electron chi connectivity index (χ0n) is 25.1. The van der Waals surface area contributed by atoms with Crippen LogP contribution in [0.25, 0.3) is 0 Å². The SMILES string of the molecule is CC(C)(C)OC(=O)CCCOc1cc(Cl)c(C2OC(C)(C)C(C)(C)O2)cc1S(=O)(=O)N1CCCCc2ccccc21. The van der Waals surface area contributed by atoms with Crippen molar-refractivity contribution in [1.82, 2.24) is 0 Å². The Bertz CT molecular complexity index is 1370. The summed E-state index contributed by atoms with van der Waals surface area (Å²) in [5, 5.41) is 0.265. The molecule has 2 heterocycles. The molecule has 0 atom stereocenters. The summed E-state index contributed by atoms with van der Waals surface area (Å²) in [6.07, 6.45) is 2.03. The summed E-state index contributed by atoms with van der Waals surface area (Å²) in [6.45, 7) is 13.6. The number of fused-ring (bicyclic) bond motifs is 1. The maximum Gasteiger partial charge on any atom is 0.306 e. The molecule has 4 rings (SSSR count). The summed E-state index contributed by atoms with van der Waals surface area (Å²) in [5.41, 5.74) is 0.190. The number of halogens is 1. The first kappa shape index (κ1) is 31.6.